The smallest absolute Gasteiger partial charge is 0.287 e. The number of ether oxygens (including phenoxy) is 1. The number of aromatic nitrogens is 2. The number of hydrogen-bond donors (Lipinski definition) is 1. The quantitative estimate of drug-likeness (QED) is 0.912. The highest BCUT2D eigenvalue weighted by Crippen LogP contribution is 2.39. The Labute approximate surface area is 129 Å². The summed E-state index contributed by atoms with van der Waals surface area (Å²) in [4.78, 5) is 11.8. The minimum absolute atomic E-state index is 0.0355. The van der Waals surface area contributed by atoms with E-state index in [0.29, 0.717) is 11.7 Å². The van der Waals surface area contributed by atoms with Crippen LogP contribution in [-0.2, 0) is 11.8 Å². The molecule has 5 nitrogen and oxygen atoms in total. The average molecular weight is 312 g/mol. The van der Waals surface area contributed by atoms with E-state index in [4.69, 9.17) is 16.3 Å². The number of halogens is 1. The summed E-state index contributed by atoms with van der Waals surface area (Å²) in [6, 6.07) is 0.295. The van der Waals surface area contributed by atoms with Crippen molar-refractivity contribution in [1.29, 1.82) is 0 Å². The van der Waals surface area contributed by atoms with E-state index >= 15 is 0 Å². The monoisotopic (exact) mass is 311 g/mol. The Morgan fingerprint density at radius 3 is 2.95 bits per heavy atom. The fourth-order valence-electron chi connectivity index (χ4n) is 3.53. The van der Waals surface area contributed by atoms with Crippen molar-refractivity contribution >= 4 is 17.3 Å². The first kappa shape index (κ1) is 14.9. The molecular weight excluding hydrogens is 290 g/mol. The number of hydrogen-bond acceptors (Lipinski definition) is 4. The molecule has 0 amide bonds. The Bertz CT molecular complexity index is 561. The lowest BCUT2D eigenvalue weighted by atomic mass is 9.78. The molecule has 0 bridgehead atoms. The topological polar surface area (TPSA) is 56.1 Å². The highest BCUT2D eigenvalue weighted by atomic mass is 35.5. The molecule has 1 spiro atoms. The van der Waals surface area contributed by atoms with Crippen LogP contribution < -0.4 is 10.9 Å². The van der Waals surface area contributed by atoms with Gasteiger partial charge in [-0.25, -0.2) is 4.68 Å². The van der Waals surface area contributed by atoms with Gasteiger partial charge in [0.1, 0.15) is 5.02 Å². The molecule has 21 heavy (non-hydrogen) atoms. The first-order valence-electron chi connectivity index (χ1n) is 7.72. The second-order valence-corrected chi connectivity index (χ2v) is 6.61. The predicted molar refractivity (Wildman–Crippen MR) is 82.9 cm³/mol. The van der Waals surface area contributed by atoms with Crippen LogP contribution >= 0.6 is 11.6 Å². The second kappa shape index (κ2) is 5.97. The largest absolute Gasteiger partial charge is 0.379 e. The number of aryl methyl sites for hydroxylation is 1. The third-order valence-electron chi connectivity index (χ3n) is 4.70. The molecule has 2 fully saturated rings. The number of rotatable bonds is 2. The number of anilines is 1. The average Bonchev–Trinajstić information content (AvgIpc) is 2.49. The molecule has 3 rings (SSSR count). The maximum Gasteiger partial charge on any atom is 0.287 e. The maximum atomic E-state index is 11.8. The standard InChI is InChI=1S/C15H22ClN3O2/c1-19-14(20)13(16)12(10-17-19)18-11-5-8-21-15(9-11)6-3-2-4-7-15/h10-11,18H,2-9H2,1H3. The van der Waals surface area contributed by atoms with Crippen molar-refractivity contribution in [1.82, 2.24) is 9.78 Å². The van der Waals surface area contributed by atoms with Crippen LogP contribution in [0.5, 0.6) is 0 Å². The van der Waals surface area contributed by atoms with Gasteiger partial charge in [0.05, 0.1) is 17.5 Å². The third kappa shape index (κ3) is 3.09. The molecule has 1 atom stereocenters. The molecular formula is C15H22ClN3O2. The Hall–Kier alpha value is -1.07. The van der Waals surface area contributed by atoms with E-state index in [1.54, 1.807) is 13.2 Å². The van der Waals surface area contributed by atoms with Crippen LogP contribution in [0, 0.1) is 0 Å². The zero-order valence-electron chi connectivity index (χ0n) is 12.4. The van der Waals surface area contributed by atoms with Crippen LogP contribution in [0.1, 0.15) is 44.9 Å². The zero-order chi connectivity index (χ0) is 14.9. The van der Waals surface area contributed by atoms with Gasteiger partial charge in [-0.15, -0.1) is 0 Å². The minimum atomic E-state index is -0.263. The molecule has 2 aliphatic rings. The fourth-order valence-corrected chi connectivity index (χ4v) is 3.75. The van der Waals surface area contributed by atoms with Gasteiger partial charge in [0, 0.05) is 19.7 Å². The molecule has 1 aromatic heterocycles. The number of nitrogens with one attached hydrogen (secondary N) is 1. The molecule has 1 saturated heterocycles. The van der Waals surface area contributed by atoms with Crippen molar-refractivity contribution in [2.45, 2.75) is 56.6 Å². The minimum Gasteiger partial charge on any atom is -0.379 e. The molecule has 6 heteroatoms. The molecule has 1 saturated carbocycles. The SMILES string of the molecule is Cn1ncc(NC2CCOC3(CCCCC3)C2)c(Cl)c1=O. The molecule has 1 N–H and O–H groups in total. The Morgan fingerprint density at radius 1 is 1.43 bits per heavy atom. The van der Waals surface area contributed by atoms with Gasteiger partial charge in [-0.2, -0.15) is 5.10 Å². The van der Waals surface area contributed by atoms with Gasteiger partial charge in [0.25, 0.3) is 5.56 Å². The van der Waals surface area contributed by atoms with Crippen molar-refractivity contribution in [3.63, 3.8) is 0 Å². The molecule has 1 aliphatic heterocycles. The van der Waals surface area contributed by atoms with Crippen LogP contribution in [0.25, 0.3) is 0 Å². The summed E-state index contributed by atoms with van der Waals surface area (Å²) >= 11 is 6.13. The summed E-state index contributed by atoms with van der Waals surface area (Å²) in [5, 5.41) is 7.66. The van der Waals surface area contributed by atoms with Crippen molar-refractivity contribution in [3.05, 3.63) is 21.6 Å². The fraction of sp³-hybridized carbons (Fsp3) is 0.733. The van der Waals surface area contributed by atoms with E-state index in [9.17, 15) is 4.79 Å². The predicted octanol–water partition coefficient (Wildman–Crippen LogP) is 2.73. The second-order valence-electron chi connectivity index (χ2n) is 6.23. The van der Waals surface area contributed by atoms with Gasteiger partial charge < -0.3 is 10.1 Å². The normalized spacial score (nSPS) is 25.0. The van der Waals surface area contributed by atoms with Gasteiger partial charge in [-0.1, -0.05) is 30.9 Å². The Morgan fingerprint density at radius 2 is 2.19 bits per heavy atom. The molecule has 2 heterocycles. The third-order valence-corrected chi connectivity index (χ3v) is 5.06. The van der Waals surface area contributed by atoms with Crippen LogP contribution in [-0.4, -0.2) is 28.0 Å². The number of nitrogens with zero attached hydrogens (tertiary/aromatic N) is 2. The molecule has 1 aliphatic carbocycles. The first-order valence-corrected chi connectivity index (χ1v) is 8.10. The van der Waals surface area contributed by atoms with Crippen molar-refractivity contribution < 1.29 is 4.74 Å². The van der Waals surface area contributed by atoms with E-state index in [-0.39, 0.29) is 16.2 Å². The summed E-state index contributed by atoms with van der Waals surface area (Å²) in [6.45, 7) is 0.771. The van der Waals surface area contributed by atoms with Crippen molar-refractivity contribution in [2.24, 2.45) is 7.05 Å². The van der Waals surface area contributed by atoms with Crippen LogP contribution in [0.2, 0.25) is 5.02 Å². The lowest BCUT2D eigenvalue weighted by Crippen LogP contribution is -2.45. The molecule has 1 aromatic rings. The highest BCUT2D eigenvalue weighted by molar-refractivity contribution is 6.32. The first-order chi connectivity index (χ1) is 10.1. The van der Waals surface area contributed by atoms with Crippen LogP contribution in [0.3, 0.4) is 0 Å². The maximum absolute atomic E-state index is 11.8. The lowest BCUT2D eigenvalue weighted by Gasteiger charge is -2.43. The molecule has 0 aromatic carbocycles. The van der Waals surface area contributed by atoms with Crippen LogP contribution in [0.4, 0.5) is 5.69 Å². The van der Waals surface area contributed by atoms with Crippen molar-refractivity contribution in [3.8, 4) is 0 Å². The lowest BCUT2D eigenvalue weighted by molar-refractivity contribution is -0.103. The van der Waals surface area contributed by atoms with E-state index in [1.807, 2.05) is 0 Å². The summed E-state index contributed by atoms with van der Waals surface area (Å²) in [6.07, 6.45) is 9.66. The van der Waals surface area contributed by atoms with E-state index in [0.717, 1.165) is 32.3 Å². The van der Waals surface area contributed by atoms with Crippen molar-refractivity contribution in [2.75, 3.05) is 11.9 Å². The Balaban J connectivity index is 1.73. The van der Waals surface area contributed by atoms with Crippen LogP contribution in [0.15, 0.2) is 11.0 Å². The summed E-state index contributed by atoms with van der Waals surface area (Å²) in [5.74, 6) is 0. The Kier molecular flexibility index (Phi) is 4.22. The highest BCUT2D eigenvalue weighted by Gasteiger charge is 2.38. The molecule has 0 radical (unpaired) electrons. The van der Waals surface area contributed by atoms with E-state index in [2.05, 4.69) is 10.4 Å². The summed E-state index contributed by atoms with van der Waals surface area (Å²) in [5.41, 5.74) is 0.409. The van der Waals surface area contributed by atoms with Gasteiger partial charge in [0.2, 0.25) is 0 Å². The van der Waals surface area contributed by atoms with Gasteiger partial charge in [-0.3, -0.25) is 4.79 Å². The van der Waals surface area contributed by atoms with E-state index in [1.165, 1.54) is 23.9 Å². The summed E-state index contributed by atoms with van der Waals surface area (Å²) in [7, 11) is 1.60. The van der Waals surface area contributed by atoms with Gasteiger partial charge >= 0.3 is 0 Å². The molecule has 116 valence electrons. The molecule has 1 unspecified atom stereocenters. The zero-order valence-corrected chi connectivity index (χ0v) is 13.2. The van der Waals surface area contributed by atoms with Gasteiger partial charge in [0.15, 0.2) is 0 Å². The van der Waals surface area contributed by atoms with E-state index < -0.39 is 0 Å². The summed E-state index contributed by atoms with van der Waals surface area (Å²) < 4.78 is 7.34. The van der Waals surface area contributed by atoms with Gasteiger partial charge in [-0.05, 0) is 25.7 Å².